The van der Waals surface area contributed by atoms with Crippen LogP contribution in [0, 0.1) is 17.0 Å². The van der Waals surface area contributed by atoms with Gasteiger partial charge in [-0.25, -0.2) is 0 Å². The van der Waals surface area contributed by atoms with E-state index in [1.807, 2.05) is 17.9 Å². The first kappa shape index (κ1) is 10.9. The molecular formula is C11H14N2O3. The molecule has 1 fully saturated rings. The van der Waals surface area contributed by atoms with Gasteiger partial charge in [0.15, 0.2) is 0 Å². The molecule has 0 atom stereocenters. The van der Waals surface area contributed by atoms with Gasteiger partial charge in [-0.1, -0.05) is 12.1 Å². The number of anilines is 1. The van der Waals surface area contributed by atoms with Gasteiger partial charge in [-0.15, -0.1) is 0 Å². The topological polar surface area (TPSA) is 55.6 Å². The lowest BCUT2D eigenvalue weighted by atomic mass is 10.1. The Hall–Kier alpha value is -1.62. The van der Waals surface area contributed by atoms with Gasteiger partial charge in [0.2, 0.25) is 0 Å². The van der Waals surface area contributed by atoms with Gasteiger partial charge in [-0.05, 0) is 12.5 Å². The molecule has 0 unspecified atom stereocenters. The second-order valence-electron chi connectivity index (χ2n) is 3.80. The van der Waals surface area contributed by atoms with Gasteiger partial charge in [-0.2, -0.15) is 0 Å². The van der Waals surface area contributed by atoms with Gasteiger partial charge in [0.05, 0.1) is 18.1 Å². The highest BCUT2D eigenvalue weighted by molar-refractivity contribution is 5.67. The van der Waals surface area contributed by atoms with Crippen molar-refractivity contribution < 1.29 is 9.66 Å². The highest BCUT2D eigenvalue weighted by Crippen LogP contribution is 2.31. The van der Waals surface area contributed by atoms with E-state index in [9.17, 15) is 10.1 Å². The summed E-state index contributed by atoms with van der Waals surface area (Å²) in [5, 5.41) is 11.0. The number of rotatable bonds is 2. The van der Waals surface area contributed by atoms with Crippen LogP contribution in [-0.4, -0.2) is 31.2 Å². The maximum atomic E-state index is 11.0. The van der Waals surface area contributed by atoms with E-state index in [1.54, 1.807) is 12.1 Å². The number of nitro groups is 1. The molecule has 5 nitrogen and oxygen atoms in total. The third-order valence-corrected chi connectivity index (χ3v) is 2.74. The van der Waals surface area contributed by atoms with Gasteiger partial charge >= 0.3 is 0 Å². The fraction of sp³-hybridized carbons (Fsp3) is 0.455. The fourth-order valence-corrected chi connectivity index (χ4v) is 1.99. The third-order valence-electron chi connectivity index (χ3n) is 2.74. The molecule has 1 saturated heterocycles. The van der Waals surface area contributed by atoms with Crippen molar-refractivity contribution in [2.45, 2.75) is 6.92 Å². The van der Waals surface area contributed by atoms with Crippen molar-refractivity contribution in [2.75, 3.05) is 31.2 Å². The lowest BCUT2D eigenvalue weighted by Crippen LogP contribution is -2.37. The summed E-state index contributed by atoms with van der Waals surface area (Å²) in [6.45, 7) is 4.59. The summed E-state index contributed by atoms with van der Waals surface area (Å²) in [5.74, 6) is 0. The van der Waals surface area contributed by atoms with Crippen molar-refractivity contribution in [2.24, 2.45) is 0 Å². The van der Waals surface area contributed by atoms with Crippen molar-refractivity contribution in [1.29, 1.82) is 0 Å². The summed E-state index contributed by atoms with van der Waals surface area (Å²) in [6, 6.07) is 5.17. The lowest BCUT2D eigenvalue weighted by Gasteiger charge is -2.29. The minimum atomic E-state index is -0.322. The molecular weight excluding hydrogens is 208 g/mol. The van der Waals surface area contributed by atoms with Crippen LogP contribution in [0.3, 0.4) is 0 Å². The number of morpholine rings is 1. The number of ether oxygens (including phenoxy) is 1. The number of para-hydroxylation sites is 1. The molecule has 0 bridgehead atoms. The average Bonchev–Trinajstić information content (AvgIpc) is 2.29. The predicted molar refractivity (Wildman–Crippen MR) is 60.9 cm³/mol. The minimum absolute atomic E-state index is 0.182. The molecule has 5 heteroatoms. The van der Waals surface area contributed by atoms with Crippen molar-refractivity contribution in [3.63, 3.8) is 0 Å². The molecule has 0 aromatic heterocycles. The standard InChI is InChI=1S/C11H14N2O3/c1-9-3-2-4-10(13(14)15)11(9)12-5-7-16-8-6-12/h2-4H,5-8H2,1H3. The van der Waals surface area contributed by atoms with E-state index in [-0.39, 0.29) is 10.6 Å². The average molecular weight is 222 g/mol. The van der Waals surface area contributed by atoms with Crippen LogP contribution in [-0.2, 0) is 4.74 Å². The zero-order valence-electron chi connectivity index (χ0n) is 9.18. The Morgan fingerprint density at radius 1 is 1.38 bits per heavy atom. The second-order valence-corrected chi connectivity index (χ2v) is 3.80. The summed E-state index contributed by atoms with van der Waals surface area (Å²) < 4.78 is 5.25. The van der Waals surface area contributed by atoms with Crippen LogP contribution in [0.25, 0.3) is 0 Å². The van der Waals surface area contributed by atoms with Gasteiger partial charge < -0.3 is 9.64 Å². The van der Waals surface area contributed by atoms with Crippen LogP contribution in [0.4, 0.5) is 11.4 Å². The minimum Gasteiger partial charge on any atom is -0.378 e. The van der Waals surface area contributed by atoms with Gasteiger partial charge in [0.1, 0.15) is 5.69 Å². The molecule has 1 aromatic carbocycles. The molecule has 0 N–H and O–H groups in total. The largest absolute Gasteiger partial charge is 0.378 e. The normalized spacial score (nSPS) is 16.2. The first-order chi connectivity index (χ1) is 7.70. The molecule has 1 aliphatic heterocycles. The molecule has 0 saturated carbocycles. The molecule has 1 heterocycles. The summed E-state index contributed by atoms with van der Waals surface area (Å²) >= 11 is 0. The Bertz CT molecular complexity index is 400. The quantitative estimate of drug-likeness (QED) is 0.565. The number of nitrogens with zero attached hydrogens (tertiary/aromatic N) is 2. The Morgan fingerprint density at radius 2 is 2.06 bits per heavy atom. The van der Waals surface area contributed by atoms with E-state index in [2.05, 4.69) is 0 Å². The smallest absolute Gasteiger partial charge is 0.292 e. The molecule has 0 spiro atoms. The van der Waals surface area contributed by atoms with E-state index in [1.165, 1.54) is 0 Å². The van der Waals surface area contributed by atoms with Crippen LogP contribution in [0.15, 0.2) is 18.2 Å². The van der Waals surface area contributed by atoms with Crippen molar-refractivity contribution >= 4 is 11.4 Å². The van der Waals surface area contributed by atoms with Gasteiger partial charge in [-0.3, -0.25) is 10.1 Å². The van der Waals surface area contributed by atoms with Crippen LogP contribution in [0.5, 0.6) is 0 Å². The molecule has 2 rings (SSSR count). The number of benzene rings is 1. The first-order valence-corrected chi connectivity index (χ1v) is 5.27. The molecule has 1 aliphatic rings. The molecule has 86 valence electrons. The zero-order chi connectivity index (χ0) is 11.5. The predicted octanol–water partition coefficient (Wildman–Crippen LogP) is 1.74. The number of aryl methyl sites for hydroxylation is 1. The van der Waals surface area contributed by atoms with Crippen molar-refractivity contribution in [3.05, 3.63) is 33.9 Å². The van der Waals surface area contributed by atoms with Crippen molar-refractivity contribution in [3.8, 4) is 0 Å². The van der Waals surface area contributed by atoms with E-state index in [0.29, 0.717) is 26.3 Å². The zero-order valence-corrected chi connectivity index (χ0v) is 9.18. The highest BCUT2D eigenvalue weighted by Gasteiger charge is 2.22. The van der Waals surface area contributed by atoms with Crippen LogP contribution in [0.1, 0.15) is 5.56 Å². The monoisotopic (exact) mass is 222 g/mol. The molecule has 0 amide bonds. The summed E-state index contributed by atoms with van der Waals surface area (Å²) in [5.41, 5.74) is 1.86. The van der Waals surface area contributed by atoms with E-state index in [4.69, 9.17) is 4.74 Å². The maximum absolute atomic E-state index is 11.0. The van der Waals surface area contributed by atoms with Crippen LogP contribution < -0.4 is 4.90 Å². The van der Waals surface area contributed by atoms with Crippen LogP contribution in [0.2, 0.25) is 0 Å². The lowest BCUT2D eigenvalue weighted by molar-refractivity contribution is -0.384. The van der Waals surface area contributed by atoms with E-state index >= 15 is 0 Å². The van der Waals surface area contributed by atoms with E-state index in [0.717, 1.165) is 11.3 Å². The SMILES string of the molecule is Cc1cccc([N+](=O)[O-])c1N1CCOCC1. The summed E-state index contributed by atoms with van der Waals surface area (Å²) in [6.07, 6.45) is 0. The summed E-state index contributed by atoms with van der Waals surface area (Å²) in [7, 11) is 0. The van der Waals surface area contributed by atoms with Gasteiger partial charge in [0, 0.05) is 19.2 Å². The maximum Gasteiger partial charge on any atom is 0.292 e. The number of hydrogen-bond acceptors (Lipinski definition) is 4. The fourth-order valence-electron chi connectivity index (χ4n) is 1.99. The Kier molecular flexibility index (Phi) is 3.05. The Morgan fingerprint density at radius 3 is 2.69 bits per heavy atom. The molecule has 1 aromatic rings. The summed E-state index contributed by atoms with van der Waals surface area (Å²) in [4.78, 5) is 12.7. The first-order valence-electron chi connectivity index (χ1n) is 5.27. The molecule has 0 radical (unpaired) electrons. The Balaban J connectivity index is 2.40. The number of hydrogen-bond donors (Lipinski definition) is 0. The third kappa shape index (κ3) is 1.99. The van der Waals surface area contributed by atoms with Crippen molar-refractivity contribution in [1.82, 2.24) is 0 Å². The molecule has 16 heavy (non-hydrogen) atoms. The highest BCUT2D eigenvalue weighted by atomic mass is 16.6. The Labute approximate surface area is 93.8 Å². The van der Waals surface area contributed by atoms with Gasteiger partial charge in [0.25, 0.3) is 5.69 Å². The number of nitro benzene ring substituents is 1. The van der Waals surface area contributed by atoms with E-state index < -0.39 is 0 Å². The second kappa shape index (κ2) is 4.49. The molecule has 0 aliphatic carbocycles. The van der Waals surface area contributed by atoms with Crippen LogP contribution >= 0.6 is 0 Å².